The molecule has 0 radical (unpaired) electrons. The number of thioether (sulfide) groups is 1. The van der Waals surface area contributed by atoms with Gasteiger partial charge in [0.05, 0.1) is 17.1 Å². The minimum absolute atomic E-state index is 0.00221. The Labute approximate surface area is 206 Å². The molecule has 0 aliphatic carbocycles. The summed E-state index contributed by atoms with van der Waals surface area (Å²) in [5.41, 5.74) is 1.01. The molecule has 5 nitrogen and oxygen atoms in total. The van der Waals surface area contributed by atoms with E-state index in [-0.39, 0.29) is 11.4 Å². The molecule has 0 aliphatic heterocycles. The number of anilines is 1. The first kappa shape index (κ1) is 24.9. The van der Waals surface area contributed by atoms with Crippen LogP contribution in [0.3, 0.4) is 0 Å². The van der Waals surface area contributed by atoms with E-state index in [0.29, 0.717) is 26.3 Å². The molecule has 0 aromatic heterocycles. The summed E-state index contributed by atoms with van der Waals surface area (Å²) in [6.45, 7) is -0.615. The van der Waals surface area contributed by atoms with Gasteiger partial charge in [-0.05, 0) is 54.8 Å². The summed E-state index contributed by atoms with van der Waals surface area (Å²) in [5, 5.41) is 3.80. The number of benzene rings is 3. The van der Waals surface area contributed by atoms with Crippen LogP contribution in [0.15, 0.2) is 76.5 Å². The summed E-state index contributed by atoms with van der Waals surface area (Å²) < 4.78 is 27.8. The topological polar surface area (TPSA) is 66.5 Å². The molecule has 1 N–H and O–H groups in total. The van der Waals surface area contributed by atoms with Gasteiger partial charge >= 0.3 is 0 Å². The number of para-hydroxylation sites is 1. The van der Waals surface area contributed by atoms with E-state index in [0.717, 1.165) is 9.20 Å². The van der Waals surface area contributed by atoms with Crippen LogP contribution in [0.5, 0.6) is 0 Å². The number of hydrogen-bond donors (Lipinski definition) is 1. The molecule has 0 spiro atoms. The highest BCUT2D eigenvalue weighted by atomic mass is 35.5. The highest BCUT2D eigenvalue weighted by molar-refractivity contribution is 7.98. The molecule has 0 heterocycles. The van der Waals surface area contributed by atoms with Crippen molar-refractivity contribution in [3.63, 3.8) is 0 Å². The maximum atomic E-state index is 13.4. The summed E-state index contributed by atoms with van der Waals surface area (Å²) in [5.74, 6) is -0.493. The second-order valence-corrected chi connectivity index (χ2v) is 10.7. The summed E-state index contributed by atoms with van der Waals surface area (Å²) >= 11 is 19.9. The molecule has 0 saturated heterocycles. The Balaban J connectivity index is 1.94. The van der Waals surface area contributed by atoms with Crippen molar-refractivity contribution >= 4 is 68.2 Å². The van der Waals surface area contributed by atoms with Gasteiger partial charge in [-0.2, -0.15) is 4.31 Å². The summed E-state index contributed by atoms with van der Waals surface area (Å²) in [7, 11) is -4.06. The monoisotopic (exact) mass is 528 g/mol. The van der Waals surface area contributed by atoms with E-state index in [1.54, 1.807) is 30.3 Å². The molecule has 0 saturated carbocycles. The zero-order valence-electron chi connectivity index (χ0n) is 16.9. The third kappa shape index (κ3) is 5.98. The molecule has 32 heavy (non-hydrogen) atoms. The van der Waals surface area contributed by atoms with E-state index in [2.05, 4.69) is 5.32 Å². The molecular weight excluding hydrogens is 511 g/mol. The van der Waals surface area contributed by atoms with Crippen LogP contribution >= 0.6 is 46.6 Å². The van der Waals surface area contributed by atoms with Gasteiger partial charge < -0.3 is 5.32 Å². The van der Waals surface area contributed by atoms with E-state index in [9.17, 15) is 13.2 Å². The van der Waals surface area contributed by atoms with E-state index in [1.165, 1.54) is 36.0 Å². The van der Waals surface area contributed by atoms with Gasteiger partial charge in [-0.1, -0.05) is 53.0 Å². The van der Waals surface area contributed by atoms with E-state index in [1.807, 2.05) is 18.4 Å². The molecule has 3 aromatic carbocycles. The van der Waals surface area contributed by atoms with E-state index in [4.69, 9.17) is 34.8 Å². The standard InChI is InChI=1S/C22H19Cl3N2O3S2/c1-31-21-8-3-2-7-20(21)26-22(28)14-27(13-17-18(24)5-4-6-19(17)25)32(29,30)16-11-9-15(23)10-12-16/h2-12H,13-14H2,1H3,(H,26,28). The van der Waals surface area contributed by atoms with Crippen molar-refractivity contribution in [1.29, 1.82) is 0 Å². The number of halogens is 3. The molecule has 1 amide bonds. The average Bonchev–Trinajstić information content (AvgIpc) is 2.76. The Hall–Kier alpha value is -1.74. The molecule has 3 aromatic rings. The predicted molar refractivity (Wildman–Crippen MR) is 132 cm³/mol. The SMILES string of the molecule is CSc1ccccc1NC(=O)CN(Cc1c(Cl)cccc1Cl)S(=O)(=O)c1ccc(Cl)cc1. The first-order chi connectivity index (χ1) is 15.2. The van der Waals surface area contributed by atoms with Gasteiger partial charge in [0, 0.05) is 32.1 Å². The van der Waals surface area contributed by atoms with Crippen molar-refractivity contribution in [1.82, 2.24) is 4.31 Å². The zero-order chi connectivity index (χ0) is 23.3. The second-order valence-electron chi connectivity index (χ2n) is 6.68. The highest BCUT2D eigenvalue weighted by Crippen LogP contribution is 2.29. The Morgan fingerprint density at radius 2 is 1.56 bits per heavy atom. The smallest absolute Gasteiger partial charge is 0.243 e. The molecular formula is C22H19Cl3N2O3S2. The van der Waals surface area contributed by atoms with E-state index < -0.39 is 22.5 Å². The van der Waals surface area contributed by atoms with Crippen molar-refractivity contribution in [3.8, 4) is 0 Å². The average molecular weight is 530 g/mol. The fourth-order valence-electron chi connectivity index (χ4n) is 2.94. The summed E-state index contributed by atoms with van der Waals surface area (Å²) in [6.07, 6.45) is 1.89. The highest BCUT2D eigenvalue weighted by Gasteiger charge is 2.28. The molecule has 3 rings (SSSR count). The molecule has 0 bridgehead atoms. The minimum atomic E-state index is -4.06. The van der Waals surface area contributed by atoms with Crippen LogP contribution in [0.25, 0.3) is 0 Å². The summed E-state index contributed by atoms with van der Waals surface area (Å²) in [4.78, 5) is 13.7. The van der Waals surface area contributed by atoms with Gasteiger partial charge in [-0.25, -0.2) is 8.42 Å². The lowest BCUT2D eigenvalue weighted by atomic mass is 10.2. The molecule has 0 fully saturated rings. The predicted octanol–water partition coefficient (Wildman–Crippen LogP) is 6.20. The normalized spacial score (nSPS) is 11.5. The third-order valence-electron chi connectivity index (χ3n) is 4.55. The molecule has 0 aliphatic rings. The number of amides is 1. The fraction of sp³-hybridized carbons (Fsp3) is 0.136. The Bertz CT molecular complexity index is 1200. The molecule has 168 valence electrons. The van der Waals surface area contributed by atoms with Crippen LogP contribution in [-0.4, -0.2) is 31.4 Å². The second kappa shape index (κ2) is 10.9. The first-order valence-corrected chi connectivity index (χ1v) is 13.1. The largest absolute Gasteiger partial charge is 0.324 e. The lowest BCUT2D eigenvalue weighted by Crippen LogP contribution is -2.37. The van der Waals surface area contributed by atoms with Crippen molar-refractivity contribution in [2.24, 2.45) is 0 Å². The Morgan fingerprint density at radius 1 is 0.938 bits per heavy atom. The van der Waals surface area contributed by atoms with Gasteiger partial charge in [0.25, 0.3) is 0 Å². The van der Waals surface area contributed by atoms with Gasteiger partial charge in [0.1, 0.15) is 0 Å². The molecule has 0 unspecified atom stereocenters. The van der Waals surface area contributed by atoms with Crippen LogP contribution in [-0.2, 0) is 21.4 Å². The lowest BCUT2D eigenvalue weighted by Gasteiger charge is -2.23. The lowest BCUT2D eigenvalue weighted by molar-refractivity contribution is -0.116. The molecule has 0 atom stereocenters. The van der Waals surface area contributed by atoms with E-state index >= 15 is 0 Å². The molecule has 10 heteroatoms. The number of nitrogens with one attached hydrogen (secondary N) is 1. The zero-order valence-corrected chi connectivity index (χ0v) is 20.8. The Kier molecular flexibility index (Phi) is 8.49. The maximum absolute atomic E-state index is 13.4. The van der Waals surface area contributed by atoms with Crippen molar-refractivity contribution < 1.29 is 13.2 Å². The minimum Gasteiger partial charge on any atom is -0.324 e. The van der Waals surface area contributed by atoms with Crippen LogP contribution < -0.4 is 5.32 Å². The van der Waals surface area contributed by atoms with Gasteiger partial charge in [-0.15, -0.1) is 11.8 Å². The Morgan fingerprint density at radius 3 is 2.19 bits per heavy atom. The van der Waals surface area contributed by atoms with Crippen LogP contribution in [0, 0.1) is 0 Å². The van der Waals surface area contributed by atoms with Crippen LogP contribution in [0.2, 0.25) is 15.1 Å². The number of rotatable bonds is 8. The van der Waals surface area contributed by atoms with Gasteiger partial charge in [0.2, 0.25) is 15.9 Å². The van der Waals surface area contributed by atoms with Crippen molar-refractivity contribution in [2.45, 2.75) is 16.3 Å². The van der Waals surface area contributed by atoms with Crippen molar-refractivity contribution in [3.05, 3.63) is 87.4 Å². The maximum Gasteiger partial charge on any atom is 0.243 e. The number of sulfonamides is 1. The first-order valence-electron chi connectivity index (χ1n) is 9.34. The summed E-state index contributed by atoms with van der Waals surface area (Å²) in [6, 6.07) is 17.9. The van der Waals surface area contributed by atoms with Gasteiger partial charge in [-0.3, -0.25) is 4.79 Å². The van der Waals surface area contributed by atoms with Gasteiger partial charge in [0.15, 0.2) is 0 Å². The number of carbonyl (C=O) groups is 1. The number of nitrogens with zero attached hydrogens (tertiary/aromatic N) is 1. The fourth-order valence-corrected chi connectivity index (χ4v) is 5.50. The van der Waals surface area contributed by atoms with Crippen LogP contribution in [0.1, 0.15) is 5.56 Å². The number of hydrogen-bond acceptors (Lipinski definition) is 4. The van der Waals surface area contributed by atoms with Crippen molar-refractivity contribution in [2.75, 3.05) is 18.1 Å². The van der Waals surface area contributed by atoms with Crippen LogP contribution in [0.4, 0.5) is 5.69 Å². The number of carbonyl (C=O) groups excluding carboxylic acids is 1. The third-order valence-corrected chi connectivity index (χ3v) is 8.11. The quantitative estimate of drug-likeness (QED) is 0.353.